The molecule has 3 N–H and O–H groups in total. The number of aromatic carboxylic acids is 1. The number of phenols is 2. The monoisotopic (exact) mass is 358 g/mol. The van der Waals surface area contributed by atoms with Crippen molar-refractivity contribution in [3.05, 3.63) is 63.2 Å². The lowest BCUT2D eigenvalue weighted by atomic mass is 9.88. The van der Waals surface area contributed by atoms with Crippen molar-refractivity contribution >= 4 is 17.4 Å². The molecule has 0 amide bonds. The molecule has 1 aliphatic heterocycles. The highest BCUT2D eigenvalue weighted by molar-refractivity contribution is 6.03. The molecule has 2 aromatic rings. The Labute approximate surface area is 146 Å². The van der Waals surface area contributed by atoms with Crippen LogP contribution in [0.2, 0.25) is 0 Å². The van der Waals surface area contributed by atoms with Crippen molar-refractivity contribution in [2.45, 2.75) is 18.9 Å². The van der Waals surface area contributed by atoms with Crippen LogP contribution in [0.5, 0.6) is 11.5 Å². The summed E-state index contributed by atoms with van der Waals surface area (Å²) in [7, 11) is 0. The molecule has 9 nitrogen and oxygen atoms in total. The van der Waals surface area contributed by atoms with Crippen molar-refractivity contribution in [2.24, 2.45) is 5.16 Å². The number of nitro groups is 1. The average Bonchev–Trinajstić information content (AvgIpc) is 3.00. The van der Waals surface area contributed by atoms with Crippen LogP contribution in [0.3, 0.4) is 0 Å². The van der Waals surface area contributed by atoms with E-state index in [2.05, 4.69) is 5.16 Å². The third kappa shape index (κ3) is 2.90. The minimum atomic E-state index is -1.04. The van der Waals surface area contributed by atoms with E-state index < -0.39 is 33.7 Å². The van der Waals surface area contributed by atoms with Crippen molar-refractivity contribution in [3.8, 4) is 11.5 Å². The van der Waals surface area contributed by atoms with Gasteiger partial charge in [-0.1, -0.05) is 17.3 Å². The summed E-state index contributed by atoms with van der Waals surface area (Å²) < 4.78 is 0. The summed E-state index contributed by atoms with van der Waals surface area (Å²) in [6.07, 6.45) is 0.237. The zero-order valence-electron chi connectivity index (χ0n) is 13.5. The molecule has 2 aromatic carbocycles. The molecule has 0 spiro atoms. The number of phenolic OH excluding ortho intramolecular Hbond substituents is 2. The predicted octanol–water partition coefficient (Wildman–Crippen LogP) is 2.74. The Morgan fingerprint density at radius 2 is 1.92 bits per heavy atom. The molecular weight excluding hydrogens is 344 g/mol. The van der Waals surface area contributed by atoms with Crippen molar-refractivity contribution in [2.75, 3.05) is 0 Å². The maximum absolute atomic E-state index is 11.0. The van der Waals surface area contributed by atoms with Gasteiger partial charge in [-0.2, -0.15) is 0 Å². The van der Waals surface area contributed by atoms with E-state index >= 15 is 0 Å². The predicted molar refractivity (Wildman–Crippen MR) is 89.4 cm³/mol. The van der Waals surface area contributed by atoms with Crippen LogP contribution in [0.4, 0.5) is 5.69 Å². The molecule has 0 saturated carbocycles. The smallest absolute Gasteiger partial charge is 0.335 e. The molecular formula is C17H14N2O7. The molecule has 134 valence electrons. The molecule has 26 heavy (non-hydrogen) atoms. The number of benzene rings is 2. The molecule has 1 heterocycles. The Balaban J connectivity index is 1.90. The van der Waals surface area contributed by atoms with Gasteiger partial charge in [0.15, 0.2) is 11.4 Å². The van der Waals surface area contributed by atoms with Crippen LogP contribution in [0, 0.1) is 10.1 Å². The third-order valence-electron chi connectivity index (χ3n) is 4.20. The number of hydrogen-bond acceptors (Lipinski definition) is 7. The quantitative estimate of drug-likeness (QED) is 0.433. The van der Waals surface area contributed by atoms with Gasteiger partial charge in [0.05, 0.1) is 16.2 Å². The van der Waals surface area contributed by atoms with Gasteiger partial charge in [-0.05, 0) is 30.7 Å². The number of nitrogens with zero attached hydrogens (tertiary/aromatic N) is 2. The van der Waals surface area contributed by atoms with E-state index in [1.165, 1.54) is 18.2 Å². The molecule has 1 unspecified atom stereocenters. The first-order valence-electron chi connectivity index (χ1n) is 7.51. The first-order valence-corrected chi connectivity index (χ1v) is 7.51. The molecule has 0 saturated heterocycles. The van der Waals surface area contributed by atoms with E-state index in [0.29, 0.717) is 11.3 Å². The van der Waals surface area contributed by atoms with Gasteiger partial charge in [0, 0.05) is 18.1 Å². The van der Waals surface area contributed by atoms with Gasteiger partial charge in [-0.25, -0.2) is 4.79 Å². The van der Waals surface area contributed by atoms with Crippen molar-refractivity contribution < 1.29 is 29.9 Å². The summed E-state index contributed by atoms with van der Waals surface area (Å²) in [6.45, 7) is 1.74. The Kier molecular flexibility index (Phi) is 3.99. The van der Waals surface area contributed by atoms with Gasteiger partial charge in [0.1, 0.15) is 0 Å². The second-order valence-electron chi connectivity index (χ2n) is 6.04. The maximum atomic E-state index is 11.0. The Morgan fingerprint density at radius 1 is 1.27 bits per heavy atom. The summed E-state index contributed by atoms with van der Waals surface area (Å²) in [6, 6.07) is 8.39. The molecule has 0 aliphatic carbocycles. The van der Waals surface area contributed by atoms with Gasteiger partial charge in [0.25, 0.3) is 0 Å². The number of rotatable bonds is 4. The summed E-state index contributed by atoms with van der Waals surface area (Å²) >= 11 is 0. The van der Waals surface area contributed by atoms with Crippen LogP contribution in [-0.2, 0) is 10.4 Å². The number of hydrogen-bond donors (Lipinski definition) is 3. The first-order chi connectivity index (χ1) is 12.2. The second-order valence-corrected chi connectivity index (χ2v) is 6.04. The van der Waals surface area contributed by atoms with Gasteiger partial charge < -0.3 is 20.2 Å². The average molecular weight is 358 g/mol. The van der Waals surface area contributed by atoms with Crippen molar-refractivity contribution in [3.63, 3.8) is 0 Å². The number of carboxylic acids is 1. The fourth-order valence-electron chi connectivity index (χ4n) is 2.72. The Hall–Kier alpha value is -3.62. The van der Waals surface area contributed by atoms with Crippen LogP contribution < -0.4 is 0 Å². The Morgan fingerprint density at radius 3 is 2.50 bits per heavy atom. The number of aromatic hydroxyl groups is 2. The van der Waals surface area contributed by atoms with Crippen LogP contribution in [0.15, 0.2) is 41.6 Å². The number of nitro benzene ring substituents is 1. The summed E-state index contributed by atoms with van der Waals surface area (Å²) in [5, 5.41) is 43.2. The fraction of sp³-hybridized carbons (Fsp3) is 0.176. The molecule has 0 aromatic heterocycles. The van der Waals surface area contributed by atoms with Gasteiger partial charge in [-0.3, -0.25) is 10.1 Å². The summed E-state index contributed by atoms with van der Waals surface area (Å²) in [4.78, 5) is 26.6. The van der Waals surface area contributed by atoms with Crippen LogP contribution in [0.1, 0.15) is 34.8 Å². The minimum absolute atomic E-state index is 0.135. The SMILES string of the molecule is CC1(c2ccc(C(=O)O)cc2)CC(c2cc(O)c(O)c([N+](=O)[O-])c2)=NO1. The van der Waals surface area contributed by atoms with Crippen molar-refractivity contribution in [1.29, 1.82) is 0 Å². The third-order valence-corrected chi connectivity index (χ3v) is 4.20. The summed E-state index contributed by atoms with van der Waals surface area (Å²) in [5.74, 6) is -2.49. The lowest BCUT2D eigenvalue weighted by molar-refractivity contribution is -0.386. The largest absolute Gasteiger partial charge is 0.504 e. The lowest BCUT2D eigenvalue weighted by Gasteiger charge is -2.22. The standard InChI is InChI=1S/C17H14N2O7/c1-17(11-4-2-9(3-5-11)16(22)23)8-12(18-26-17)10-6-13(19(24)25)15(21)14(20)7-10/h2-7,20-21H,8H2,1H3,(H,22,23). The highest BCUT2D eigenvalue weighted by Gasteiger charge is 2.37. The fourth-order valence-corrected chi connectivity index (χ4v) is 2.72. The molecule has 0 radical (unpaired) electrons. The normalized spacial score (nSPS) is 18.9. The van der Waals surface area contributed by atoms with E-state index in [0.717, 1.165) is 6.07 Å². The molecule has 1 aliphatic rings. The molecule has 9 heteroatoms. The molecule has 3 rings (SSSR count). The minimum Gasteiger partial charge on any atom is -0.504 e. The number of carbonyl (C=O) groups is 1. The van der Waals surface area contributed by atoms with Crippen LogP contribution >= 0.6 is 0 Å². The van der Waals surface area contributed by atoms with E-state index in [1.807, 2.05) is 0 Å². The van der Waals surface area contributed by atoms with E-state index in [-0.39, 0.29) is 17.5 Å². The van der Waals surface area contributed by atoms with Gasteiger partial charge in [0.2, 0.25) is 5.75 Å². The van der Waals surface area contributed by atoms with Gasteiger partial charge in [-0.15, -0.1) is 0 Å². The van der Waals surface area contributed by atoms with Crippen LogP contribution in [-0.4, -0.2) is 31.9 Å². The van der Waals surface area contributed by atoms with Gasteiger partial charge >= 0.3 is 11.7 Å². The zero-order valence-corrected chi connectivity index (χ0v) is 13.5. The van der Waals surface area contributed by atoms with Crippen molar-refractivity contribution in [1.82, 2.24) is 0 Å². The molecule has 0 bridgehead atoms. The zero-order chi connectivity index (χ0) is 19.1. The lowest BCUT2D eigenvalue weighted by Crippen LogP contribution is -2.22. The highest BCUT2D eigenvalue weighted by atomic mass is 16.7. The molecule has 0 fully saturated rings. The first kappa shape index (κ1) is 17.2. The highest BCUT2D eigenvalue weighted by Crippen LogP contribution is 2.40. The Bertz CT molecular complexity index is 937. The van der Waals surface area contributed by atoms with E-state index in [1.54, 1.807) is 19.1 Å². The number of carboxylic acid groups (broad SMARTS) is 1. The van der Waals surface area contributed by atoms with Crippen LogP contribution in [0.25, 0.3) is 0 Å². The molecule has 1 atom stereocenters. The topological polar surface area (TPSA) is 142 Å². The maximum Gasteiger partial charge on any atom is 0.335 e. The van der Waals surface area contributed by atoms with E-state index in [4.69, 9.17) is 9.94 Å². The van der Waals surface area contributed by atoms with E-state index in [9.17, 15) is 25.1 Å². The second kappa shape index (κ2) is 6.03. The summed E-state index contributed by atoms with van der Waals surface area (Å²) in [5.41, 5.74) is -0.114. The number of oxime groups is 1.